The number of hydrogen-bond donors (Lipinski definition) is 4. The van der Waals surface area contributed by atoms with Crippen molar-refractivity contribution in [3.63, 3.8) is 0 Å². The van der Waals surface area contributed by atoms with Crippen LogP contribution in [-0.2, 0) is 19.4 Å². The number of rotatable bonds is 11. The molecule has 0 amide bonds. The predicted molar refractivity (Wildman–Crippen MR) is 147 cm³/mol. The average molecular weight is 524 g/mol. The highest BCUT2D eigenvalue weighted by Gasteiger charge is 2.13. The number of nitrogens with one attached hydrogen (secondary N) is 2. The molecule has 4 aromatic rings. The SMILES string of the molecule is Cc1cc(OC[C@H](O)CO)cc(C)c1-c1cccc(CNc2ccc(CCc3nn[nH]n3)cc2)c1C.Cl. The van der Waals surface area contributed by atoms with Crippen LogP contribution in [0, 0.1) is 20.8 Å². The minimum atomic E-state index is -0.885. The van der Waals surface area contributed by atoms with Crippen molar-refractivity contribution in [3.8, 4) is 16.9 Å². The first-order valence-corrected chi connectivity index (χ1v) is 12.1. The largest absolute Gasteiger partial charge is 0.491 e. The van der Waals surface area contributed by atoms with Gasteiger partial charge in [-0.1, -0.05) is 35.5 Å². The molecular formula is C28H34ClN5O3. The lowest BCUT2D eigenvalue weighted by Gasteiger charge is -2.18. The number of ether oxygens (including phenoxy) is 1. The Morgan fingerprint density at radius 3 is 2.38 bits per heavy atom. The van der Waals surface area contributed by atoms with E-state index in [1.165, 1.54) is 27.8 Å². The second-order valence-electron chi connectivity index (χ2n) is 9.05. The van der Waals surface area contributed by atoms with Gasteiger partial charge in [-0.05, 0) is 90.4 Å². The first kappa shape index (κ1) is 28.1. The molecule has 0 aliphatic heterocycles. The van der Waals surface area contributed by atoms with Gasteiger partial charge in [0.1, 0.15) is 18.5 Å². The number of aliphatic hydroxyl groups is 2. The maximum absolute atomic E-state index is 9.57. The number of tetrazole rings is 1. The molecule has 0 saturated heterocycles. The van der Waals surface area contributed by atoms with E-state index < -0.39 is 6.10 Å². The Bertz CT molecular complexity index is 1260. The predicted octanol–water partition coefficient (Wildman–Crippen LogP) is 4.34. The smallest absolute Gasteiger partial charge is 0.174 e. The number of aromatic amines is 1. The van der Waals surface area contributed by atoms with Crippen molar-refractivity contribution in [2.45, 2.75) is 46.3 Å². The van der Waals surface area contributed by atoms with Gasteiger partial charge in [-0.2, -0.15) is 5.21 Å². The van der Waals surface area contributed by atoms with Crippen LogP contribution in [0.25, 0.3) is 11.1 Å². The fraction of sp³-hybridized carbons (Fsp3) is 0.321. The number of aryl methyl sites for hydroxylation is 4. The Morgan fingerprint density at radius 2 is 1.73 bits per heavy atom. The topological polar surface area (TPSA) is 116 Å². The van der Waals surface area contributed by atoms with E-state index >= 15 is 0 Å². The summed E-state index contributed by atoms with van der Waals surface area (Å²) >= 11 is 0. The zero-order valence-electron chi connectivity index (χ0n) is 21.4. The molecule has 1 heterocycles. The second kappa shape index (κ2) is 13.2. The van der Waals surface area contributed by atoms with Crippen LogP contribution in [0.15, 0.2) is 54.6 Å². The molecule has 196 valence electrons. The number of nitrogens with zero attached hydrogens (tertiary/aromatic N) is 3. The molecular weight excluding hydrogens is 490 g/mol. The number of halogens is 1. The van der Waals surface area contributed by atoms with Crippen LogP contribution in [0.4, 0.5) is 5.69 Å². The highest BCUT2D eigenvalue weighted by atomic mass is 35.5. The summed E-state index contributed by atoms with van der Waals surface area (Å²) in [5.74, 6) is 1.41. The number of anilines is 1. The summed E-state index contributed by atoms with van der Waals surface area (Å²) in [6.45, 7) is 6.77. The van der Waals surface area contributed by atoms with Gasteiger partial charge in [0.25, 0.3) is 0 Å². The highest BCUT2D eigenvalue weighted by Crippen LogP contribution is 2.34. The number of hydrogen-bond acceptors (Lipinski definition) is 7. The van der Waals surface area contributed by atoms with Crippen LogP contribution in [0.1, 0.15) is 33.6 Å². The van der Waals surface area contributed by atoms with Crippen LogP contribution in [-0.4, -0.2) is 50.2 Å². The van der Waals surface area contributed by atoms with Gasteiger partial charge < -0.3 is 20.3 Å². The van der Waals surface area contributed by atoms with E-state index in [4.69, 9.17) is 9.84 Å². The Hall–Kier alpha value is -3.46. The second-order valence-corrected chi connectivity index (χ2v) is 9.05. The lowest BCUT2D eigenvalue weighted by atomic mass is 9.90. The first-order valence-electron chi connectivity index (χ1n) is 12.1. The van der Waals surface area contributed by atoms with Crippen molar-refractivity contribution < 1.29 is 14.9 Å². The van der Waals surface area contributed by atoms with E-state index in [0.29, 0.717) is 5.75 Å². The van der Waals surface area contributed by atoms with Crippen LogP contribution >= 0.6 is 12.4 Å². The minimum Gasteiger partial charge on any atom is -0.491 e. The van der Waals surface area contributed by atoms with E-state index in [0.717, 1.165) is 42.0 Å². The fourth-order valence-corrected chi connectivity index (χ4v) is 4.35. The van der Waals surface area contributed by atoms with Gasteiger partial charge in [-0.3, -0.25) is 0 Å². The molecule has 4 N–H and O–H groups in total. The zero-order chi connectivity index (χ0) is 25.5. The standard InChI is InChI=1S/C28H33N5O3.ClH/c1-18-13-25(36-17-24(35)16-34)14-19(2)28(18)26-6-4-5-22(20(26)3)15-29-23-10-7-21(8-11-23)9-12-27-30-32-33-31-27;/h4-8,10-11,13-14,24,29,34-35H,9,12,15-17H2,1-3H3,(H,30,31,32,33);1H/t24-;/m1./s1. The zero-order valence-corrected chi connectivity index (χ0v) is 22.2. The Kier molecular flexibility index (Phi) is 10.0. The van der Waals surface area contributed by atoms with Crippen molar-refractivity contribution >= 4 is 18.1 Å². The fourth-order valence-electron chi connectivity index (χ4n) is 4.35. The highest BCUT2D eigenvalue weighted by molar-refractivity contribution is 5.85. The van der Waals surface area contributed by atoms with Gasteiger partial charge in [0.15, 0.2) is 5.82 Å². The molecule has 0 unspecified atom stereocenters. The molecule has 0 bridgehead atoms. The molecule has 1 aromatic heterocycles. The van der Waals surface area contributed by atoms with Crippen LogP contribution < -0.4 is 10.1 Å². The number of H-pyrrole nitrogens is 1. The third-order valence-electron chi connectivity index (χ3n) is 6.34. The molecule has 0 saturated carbocycles. The van der Waals surface area contributed by atoms with Crippen molar-refractivity contribution in [3.05, 3.63) is 88.2 Å². The molecule has 0 fully saturated rings. The van der Waals surface area contributed by atoms with Crippen LogP contribution in [0.3, 0.4) is 0 Å². The molecule has 0 aliphatic carbocycles. The number of benzene rings is 3. The normalized spacial score (nSPS) is 11.6. The molecule has 0 aliphatic rings. The molecule has 4 rings (SSSR count). The quantitative estimate of drug-likeness (QED) is 0.231. The van der Waals surface area contributed by atoms with Gasteiger partial charge in [0.2, 0.25) is 0 Å². The van der Waals surface area contributed by atoms with E-state index in [-0.39, 0.29) is 25.6 Å². The Morgan fingerprint density at radius 1 is 1.00 bits per heavy atom. The van der Waals surface area contributed by atoms with Crippen LogP contribution in [0.5, 0.6) is 5.75 Å². The molecule has 9 heteroatoms. The summed E-state index contributed by atoms with van der Waals surface area (Å²) in [5.41, 5.74) is 9.37. The summed E-state index contributed by atoms with van der Waals surface area (Å²) in [4.78, 5) is 0. The van der Waals surface area contributed by atoms with Gasteiger partial charge in [0, 0.05) is 18.7 Å². The molecule has 0 spiro atoms. The number of aromatic nitrogens is 4. The number of aliphatic hydroxyl groups excluding tert-OH is 2. The van der Waals surface area contributed by atoms with Gasteiger partial charge >= 0.3 is 0 Å². The van der Waals surface area contributed by atoms with Crippen LogP contribution in [0.2, 0.25) is 0 Å². The van der Waals surface area contributed by atoms with Crippen molar-refractivity contribution in [1.29, 1.82) is 0 Å². The third kappa shape index (κ3) is 7.29. The lowest BCUT2D eigenvalue weighted by molar-refractivity contribution is 0.0536. The lowest BCUT2D eigenvalue weighted by Crippen LogP contribution is -2.21. The summed E-state index contributed by atoms with van der Waals surface area (Å²) in [5, 5.41) is 36.2. The molecule has 3 aromatic carbocycles. The van der Waals surface area contributed by atoms with E-state index in [2.05, 4.69) is 89.2 Å². The molecule has 1 atom stereocenters. The minimum absolute atomic E-state index is 0. The molecule has 0 radical (unpaired) electrons. The van der Waals surface area contributed by atoms with Crippen molar-refractivity contribution in [2.24, 2.45) is 0 Å². The van der Waals surface area contributed by atoms with E-state index in [1.807, 2.05) is 12.1 Å². The molecule has 37 heavy (non-hydrogen) atoms. The average Bonchev–Trinajstić information content (AvgIpc) is 3.40. The van der Waals surface area contributed by atoms with Gasteiger partial charge in [0.05, 0.1) is 6.61 Å². The monoisotopic (exact) mass is 523 g/mol. The van der Waals surface area contributed by atoms with Crippen molar-refractivity contribution in [1.82, 2.24) is 20.6 Å². The van der Waals surface area contributed by atoms with Gasteiger partial charge in [-0.25, -0.2) is 0 Å². The Labute approximate surface area is 223 Å². The maximum atomic E-state index is 9.57. The third-order valence-corrected chi connectivity index (χ3v) is 6.34. The maximum Gasteiger partial charge on any atom is 0.174 e. The summed E-state index contributed by atoms with van der Waals surface area (Å²) in [6.07, 6.45) is 0.738. The molecule has 8 nitrogen and oxygen atoms in total. The first-order chi connectivity index (χ1) is 17.4. The Balaban J connectivity index is 0.00000380. The van der Waals surface area contributed by atoms with E-state index in [1.54, 1.807) is 0 Å². The van der Waals surface area contributed by atoms with E-state index in [9.17, 15) is 5.11 Å². The van der Waals surface area contributed by atoms with Crippen molar-refractivity contribution in [2.75, 3.05) is 18.5 Å². The summed E-state index contributed by atoms with van der Waals surface area (Å²) in [6, 6.07) is 18.8. The summed E-state index contributed by atoms with van der Waals surface area (Å²) < 4.78 is 5.66. The summed E-state index contributed by atoms with van der Waals surface area (Å²) in [7, 11) is 0. The van der Waals surface area contributed by atoms with Gasteiger partial charge in [-0.15, -0.1) is 22.6 Å².